The highest BCUT2D eigenvalue weighted by molar-refractivity contribution is 5.90. The van der Waals surface area contributed by atoms with Crippen molar-refractivity contribution in [3.8, 4) is 11.5 Å². The van der Waals surface area contributed by atoms with E-state index in [2.05, 4.69) is 15.6 Å². The van der Waals surface area contributed by atoms with E-state index in [-0.39, 0.29) is 18.5 Å². The lowest BCUT2D eigenvalue weighted by Crippen LogP contribution is -2.32. The number of imidazole rings is 1. The summed E-state index contributed by atoms with van der Waals surface area (Å²) in [5.74, 6) is 0.802. The Balaban J connectivity index is 1.41. The van der Waals surface area contributed by atoms with Crippen molar-refractivity contribution in [1.29, 1.82) is 0 Å². The number of anilines is 1. The van der Waals surface area contributed by atoms with Gasteiger partial charge in [-0.15, -0.1) is 0 Å². The maximum atomic E-state index is 12.8. The number of hydrogen-bond acceptors (Lipinski definition) is 4. The van der Waals surface area contributed by atoms with Crippen molar-refractivity contribution in [3.05, 3.63) is 73.1 Å². The van der Waals surface area contributed by atoms with Gasteiger partial charge in [-0.05, 0) is 36.4 Å². The molecule has 0 aliphatic heterocycles. The van der Waals surface area contributed by atoms with Crippen molar-refractivity contribution in [3.63, 3.8) is 0 Å². The second-order valence-electron chi connectivity index (χ2n) is 5.83. The molecular formula is C20H21FN4O3. The van der Waals surface area contributed by atoms with Crippen LogP contribution in [0, 0.1) is 5.82 Å². The van der Waals surface area contributed by atoms with Crippen LogP contribution < -0.4 is 20.1 Å². The smallest absolute Gasteiger partial charge is 0.319 e. The highest BCUT2D eigenvalue weighted by Crippen LogP contribution is 2.23. The Labute approximate surface area is 162 Å². The molecule has 3 rings (SSSR count). The van der Waals surface area contributed by atoms with Gasteiger partial charge in [0.2, 0.25) is 0 Å². The fourth-order valence-corrected chi connectivity index (χ4v) is 2.41. The van der Waals surface area contributed by atoms with E-state index in [9.17, 15) is 9.18 Å². The largest absolute Gasteiger partial charge is 0.492 e. The van der Waals surface area contributed by atoms with Crippen LogP contribution in [0.25, 0.3) is 0 Å². The number of halogens is 1. The maximum Gasteiger partial charge on any atom is 0.319 e. The monoisotopic (exact) mass is 384 g/mol. The molecular weight excluding hydrogens is 363 g/mol. The number of hydrogen-bond donors (Lipinski definition) is 2. The summed E-state index contributed by atoms with van der Waals surface area (Å²) >= 11 is 0. The van der Waals surface area contributed by atoms with Crippen molar-refractivity contribution in [2.45, 2.75) is 6.54 Å². The average molecular weight is 384 g/mol. The van der Waals surface area contributed by atoms with Crippen molar-refractivity contribution in [2.75, 3.05) is 25.1 Å². The Kier molecular flexibility index (Phi) is 6.84. The van der Waals surface area contributed by atoms with Gasteiger partial charge in [0.1, 0.15) is 30.5 Å². The van der Waals surface area contributed by atoms with E-state index in [1.54, 1.807) is 24.7 Å². The van der Waals surface area contributed by atoms with Gasteiger partial charge in [0, 0.05) is 12.4 Å². The highest BCUT2D eigenvalue weighted by atomic mass is 19.1. The molecule has 7 nitrogen and oxygen atoms in total. The number of urea groups is 1. The Hall–Kier alpha value is -3.55. The third-order valence-electron chi connectivity index (χ3n) is 3.77. The third kappa shape index (κ3) is 6.01. The van der Waals surface area contributed by atoms with Gasteiger partial charge in [-0.3, -0.25) is 0 Å². The first-order chi connectivity index (χ1) is 13.7. The average Bonchev–Trinajstić information content (AvgIpc) is 3.21. The summed E-state index contributed by atoms with van der Waals surface area (Å²) in [5, 5.41) is 5.46. The van der Waals surface area contributed by atoms with Crippen LogP contribution in [0.3, 0.4) is 0 Å². The molecule has 1 heterocycles. The van der Waals surface area contributed by atoms with Crippen molar-refractivity contribution >= 4 is 11.7 Å². The van der Waals surface area contributed by atoms with Gasteiger partial charge in [0.25, 0.3) is 0 Å². The minimum atomic E-state index is -0.367. The van der Waals surface area contributed by atoms with Crippen LogP contribution in [-0.2, 0) is 6.54 Å². The van der Waals surface area contributed by atoms with E-state index in [1.807, 2.05) is 22.9 Å². The number of ether oxygens (including phenoxy) is 2. The predicted molar refractivity (Wildman–Crippen MR) is 103 cm³/mol. The molecule has 0 saturated carbocycles. The molecule has 0 radical (unpaired) electrons. The van der Waals surface area contributed by atoms with Gasteiger partial charge >= 0.3 is 6.03 Å². The number of carbonyl (C=O) groups excluding carboxylic acids is 1. The van der Waals surface area contributed by atoms with Crippen LogP contribution in [0.1, 0.15) is 0 Å². The lowest BCUT2D eigenvalue weighted by Gasteiger charge is -2.13. The van der Waals surface area contributed by atoms with Gasteiger partial charge in [0.05, 0.1) is 25.1 Å². The molecule has 2 aromatic carbocycles. The maximum absolute atomic E-state index is 12.8. The number of carbonyl (C=O) groups is 1. The summed E-state index contributed by atoms with van der Waals surface area (Å²) in [6.45, 7) is 1.67. The van der Waals surface area contributed by atoms with Gasteiger partial charge in [-0.2, -0.15) is 0 Å². The summed E-state index contributed by atoms with van der Waals surface area (Å²) in [5.41, 5.74) is 0.574. The lowest BCUT2D eigenvalue weighted by atomic mass is 10.3. The standard InChI is InChI=1S/C20H21FN4O3/c21-16-5-7-17(8-6-16)27-13-10-23-20(26)24-18-3-1-2-4-19(18)28-14-12-25-11-9-22-15-25/h1-9,11,15H,10,12-14H2,(H2,23,24,26). The van der Waals surface area contributed by atoms with Gasteiger partial charge in [-0.25, -0.2) is 14.2 Å². The molecule has 1 aromatic heterocycles. The fraction of sp³-hybridized carbons (Fsp3) is 0.200. The third-order valence-corrected chi connectivity index (χ3v) is 3.77. The minimum absolute atomic E-state index is 0.266. The van der Waals surface area contributed by atoms with Crippen LogP contribution >= 0.6 is 0 Å². The normalized spacial score (nSPS) is 10.3. The molecule has 8 heteroatoms. The first-order valence-electron chi connectivity index (χ1n) is 8.81. The molecule has 0 saturated heterocycles. The number of benzene rings is 2. The lowest BCUT2D eigenvalue weighted by molar-refractivity contribution is 0.247. The Bertz CT molecular complexity index is 869. The second kappa shape index (κ2) is 9.96. The second-order valence-corrected chi connectivity index (χ2v) is 5.83. The summed E-state index contributed by atoms with van der Waals surface area (Å²) in [4.78, 5) is 16.1. The fourth-order valence-electron chi connectivity index (χ4n) is 2.41. The highest BCUT2D eigenvalue weighted by Gasteiger charge is 2.07. The number of aromatic nitrogens is 2. The number of rotatable bonds is 9. The van der Waals surface area contributed by atoms with Crippen LogP contribution in [0.5, 0.6) is 11.5 Å². The van der Waals surface area contributed by atoms with E-state index < -0.39 is 0 Å². The minimum Gasteiger partial charge on any atom is -0.492 e. The molecule has 0 bridgehead atoms. The van der Waals surface area contributed by atoms with E-state index in [0.717, 1.165) is 0 Å². The molecule has 2 amide bonds. The molecule has 0 aliphatic rings. The summed E-state index contributed by atoms with van der Waals surface area (Å²) in [6.07, 6.45) is 5.28. The van der Waals surface area contributed by atoms with E-state index in [4.69, 9.17) is 9.47 Å². The zero-order valence-corrected chi connectivity index (χ0v) is 15.2. The van der Waals surface area contributed by atoms with Crippen LogP contribution in [-0.4, -0.2) is 35.3 Å². The zero-order chi connectivity index (χ0) is 19.6. The molecule has 146 valence electrons. The SMILES string of the molecule is O=C(NCCOc1ccc(F)cc1)Nc1ccccc1OCCn1ccnc1. The quantitative estimate of drug-likeness (QED) is 0.555. The van der Waals surface area contributed by atoms with Crippen LogP contribution in [0.15, 0.2) is 67.3 Å². The molecule has 0 spiro atoms. The molecule has 0 aliphatic carbocycles. The summed E-state index contributed by atoms with van der Waals surface area (Å²) in [7, 11) is 0. The number of para-hydroxylation sites is 2. The van der Waals surface area contributed by atoms with E-state index in [0.29, 0.717) is 36.9 Å². The molecule has 2 N–H and O–H groups in total. The molecule has 28 heavy (non-hydrogen) atoms. The van der Waals surface area contributed by atoms with Crippen molar-refractivity contribution in [1.82, 2.24) is 14.9 Å². The molecule has 3 aromatic rings. The van der Waals surface area contributed by atoms with E-state index in [1.165, 1.54) is 24.3 Å². The molecule has 0 atom stereocenters. The summed E-state index contributed by atoms with van der Waals surface area (Å²) in [6, 6.07) is 12.6. The zero-order valence-electron chi connectivity index (χ0n) is 15.2. The predicted octanol–water partition coefficient (Wildman–Crippen LogP) is 3.30. The van der Waals surface area contributed by atoms with E-state index >= 15 is 0 Å². The van der Waals surface area contributed by atoms with Crippen molar-refractivity contribution < 1.29 is 18.7 Å². The van der Waals surface area contributed by atoms with Crippen molar-refractivity contribution in [2.24, 2.45) is 0 Å². The summed E-state index contributed by atoms with van der Waals surface area (Å²) < 4.78 is 25.9. The molecule has 0 fully saturated rings. The Morgan fingerprint density at radius 1 is 1.07 bits per heavy atom. The first kappa shape index (κ1) is 19.2. The number of amides is 2. The Morgan fingerprint density at radius 3 is 2.68 bits per heavy atom. The Morgan fingerprint density at radius 2 is 1.89 bits per heavy atom. The topological polar surface area (TPSA) is 77.4 Å². The number of nitrogens with zero attached hydrogens (tertiary/aromatic N) is 2. The first-order valence-corrected chi connectivity index (χ1v) is 8.81. The van der Waals surface area contributed by atoms with Gasteiger partial charge in [0.15, 0.2) is 0 Å². The number of nitrogens with one attached hydrogen (secondary N) is 2. The van der Waals surface area contributed by atoms with Crippen LogP contribution in [0.2, 0.25) is 0 Å². The van der Waals surface area contributed by atoms with Gasteiger partial charge < -0.3 is 24.7 Å². The van der Waals surface area contributed by atoms with Gasteiger partial charge in [-0.1, -0.05) is 12.1 Å². The molecule has 0 unspecified atom stereocenters. The van der Waals surface area contributed by atoms with Crippen LogP contribution in [0.4, 0.5) is 14.9 Å².